The number of rotatable bonds is 3. The van der Waals surface area contributed by atoms with E-state index >= 15 is 0 Å². The highest BCUT2D eigenvalue weighted by Crippen LogP contribution is 2.21. The van der Waals surface area contributed by atoms with Crippen LogP contribution in [0.2, 0.25) is 0 Å². The van der Waals surface area contributed by atoms with Crippen LogP contribution in [-0.2, 0) is 9.53 Å². The molecule has 0 aliphatic heterocycles. The van der Waals surface area contributed by atoms with E-state index in [1.54, 1.807) is 13.8 Å². The van der Waals surface area contributed by atoms with E-state index in [1.165, 1.54) is 0 Å². The van der Waals surface area contributed by atoms with Gasteiger partial charge in [0, 0.05) is 11.1 Å². The maximum atomic E-state index is 11.3. The lowest BCUT2D eigenvalue weighted by Gasteiger charge is -2.23. The van der Waals surface area contributed by atoms with Gasteiger partial charge in [-0.25, -0.2) is 0 Å². The first kappa shape index (κ1) is 12.1. The largest absolute Gasteiger partial charge is 0.465 e. The summed E-state index contributed by atoms with van der Waals surface area (Å²) in [7, 11) is 0. The van der Waals surface area contributed by atoms with Crippen molar-refractivity contribution in [1.82, 2.24) is 0 Å². The van der Waals surface area contributed by atoms with E-state index in [9.17, 15) is 4.79 Å². The summed E-state index contributed by atoms with van der Waals surface area (Å²) in [6, 6.07) is 0. The Morgan fingerprint density at radius 2 is 1.92 bits per heavy atom. The Kier molecular flexibility index (Phi) is 4.11. The van der Waals surface area contributed by atoms with Crippen LogP contribution in [0.15, 0.2) is 0 Å². The molecule has 3 nitrogen and oxygen atoms in total. The molecule has 0 heterocycles. The summed E-state index contributed by atoms with van der Waals surface area (Å²) < 4.78 is 4.84. The second-order valence-electron chi connectivity index (χ2n) is 4.14. The normalized spacial score (nSPS) is 13.6. The summed E-state index contributed by atoms with van der Waals surface area (Å²) >= 11 is 0. The molecule has 0 radical (unpaired) electrons. The van der Waals surface area contributed by atoms with Gasteiger partial charge in [-0.15, -0.1) is 0 Å². The topological polar surface area (TPSA) is 50.2 Å². The van der Waals surface area contributed by atoms with Crippen molar-refractivity contribution in [3.05, 3.63) is 0 Å². The fourth-order valence-corrected chi connectivity index (χ4v) is 1.03. The summed E-state index contributed by atoms with van der Waals surface area (Å²) in [6.45, 7) is 9.62. The van der Waals surface area contributed by atoms with E-state index in [-0.39, 0.29) is 11.4 Å². The average Bonchev–Trinajstić information content (AvgIpc) is 2.00. The van der Waals surface area contributed by atoms with E-state index in [0.717, 1.165) is 0 Å². The maximum absolute atomic E-state index is 11.3. The number of nitrogens with one attached hydrogen (secondary N) is 1. The molecule has 0 aromatic rings. The number of hydrogen-bond acceptors (Lipinski definition) is 3. The van der Waals surface area contributed by atoms with Crippen molar-refractivity contribution in [2.45, 2.75) is 34.6 Å². The van der Waals surface area contributed by atoms with Crippen LogP contribution in [0.4, 0.5) is 0 Å². The molecule has 3 heteroatoms. The Morgan fingerprint density at radius 3 is 2.23 bits per heavy atom. The van der Waals surface area contributed by atoms with Crippen LogP contribution in [0, 0.1) is 16.7 Å². The highest BCUT2D eigenvalue weighted by molar-refractivity contribution is 6.02. The average molecular weight is 185 g/mol. The molecule has 0 fully saturated rings. The van der Waals surface area contributed by atoms with E-state index < -0.39 is 5.92 Å². The predicted octanol–water partition coefficient (Wildman–Crippen LogP) is 2.25. The fourth-order valence-electron chi connectivity index (χ4n) is 1.03. The van der Waals surface area contributed by atoms with Crippen molar-refractivity contribution in [2.24, 2.45) is 11.3 Å². The molecule has 0 aliphatic carbocycles. The van der Waals surface area contributed by atoms with Gasteiger partial charge in [0.15, 0.2) is 0 Å². The molecule has 0 aromatic carbocycles. The van der Waals surface area contributed by atoms with Gasteiger partial charge in [0.1, 0.15) is 0 Å². The molecule has 1 unspecified atom stereocenters. The van der Waals surface area contributed by atoms with Gasteiger partial charge in [-0.05, 0) is 13.8 Å². The molecule has 0 aromatic heterocycles. The van der Waals surface area contributed by atoms with Crippen LogP contribution in [0.3, 0.4) is 0 Å². The van der Waals surface area contributed by atoms with Gasteiger partial charge in [0.25, 0.3) is 0 Å². The van der Waals surface area contributed by atoms with Crippen LogP contribution in [-0.4, -0.2) is 18.3 Å². The van der Waals surface area contributed by atoms with Gasteiger partial charge in [0.05, 0.1) is 12.5 Å². The Bertz CT molecular complexity index is 203. The molecule has 1 atom stereocenters. The van der Waals surface area contributed by atoms with E-state index in [2.05, 4.69) is 0 Å². The van der Waals surface area contributed by atoms with Gasteiger partial charge in [-0.3, -0.25) is 4.79 Å². The highest BCUT2D eigenvalue weighted by atomic mass is 16.5. The third-order valence-electron chi connectivity index (χ3n) is 1.88. The molecule has 0 aliphatic rings. The minimum absolute atomic E-state index is 0.258. The number of carbonyl (C=O) groups is 1. The molecule has 0 spiro atoms. The van der Waals surface area contributed by atoms with Crippen molar-refractivity contribution in [3.63, 3.8) is 0 Å². The minimum atomic E-state index is -0.431. The van der Waals surface area contributed by atoms with Gasteiger partial charge in [0.2, 0.25) is 0 Å². The molecule has 0 bridgehead atoms. The second-order valence-corrected chi connectivity index (χ2v) is 4.14. The van der Waals surface area contributed by atoms with Gasteiger partial charge in [-0.1, -0.05) is 20.8 Å². The maximum Gasteiger partial charge on any atom is 0.314 e. The lowest BCUT2D eigenvalue weighted by molar-refractivity contribution is -0.145. The summed E-state index contributed by atoms with van der Waals surface area (Å²) in [4.78, 5) is 11.3. The molecule has 0 amide bonds. The molecule has 0 saturated carbocycles. The van der Waals surface area contributed by atoms with Crippen molar-refractivity contribution in [2.75, 3.05) is 6.61 Å². The van der Waals surface area contributed by atoms with Gasteiger partial charge >= 0.3 is 5.97 Å². The van der Waals surface area contributed by atoms with Crippen LogP contribution in [0.25, 0.3) is 0 Å². The first-order valence-electron chi connectivity index (χ1n) is 4.56. The zero-order chi connectivity index (χ0) is 10.6. The van der Waals surface area contributed by atoms with E-state index in [1.807, 2.05) is 20.8 Å². The lowest BCUT2D eigenvalue weighted by Crippen LogP contribution is -2.32. The van der Waals surface area contributed by atoms with Crippen molar-refractivity contribution < 1.29 is 9.53 Å². The molecule has 1 N–H and O–H groups in total. The molecule has 0 rings (SSSR count). The highest BCUT2D eigenvalue weighted by Gasteiger charge is 2.28. The molecule has 13 heavy (non-hydrogen) atoms. The zero-order valence-corrected chi connectivity index (χ0v) is 9.10. The third-order valence-corrected chi connectivity index (χ3v) is 1.88. The molecule has 0 saturated heterocycles. The Morgan fingerprint density at radius 1 is 1.46 bits per heavy atom. The van der Waals surface area contributed by atoms with Crippen LogP contribution < -0.4 is 0 Å². The second kappa shape index (κ2) is 4.40. The third kappa shape index (κ3) is 3.57. The molecular weight excluding hydrogens is 166 g/mol. The number of esters is 1. The first-order valence-corrected chi connectivity index (χ1v) is 4.56. The fraction of sp³-hybridized carbons (Fsp3) is 0.800. The Labute approximate surface area is 80.0 Å². The summed E-state index contributed by atoms with van der Waals surface area (Å²) in [5.74, 6) is -0.734. The number of carbonyl (C=O) groups excluding carboxylic acids is 1. The van der Waals surface area contributed by atoms with E-state index in [0.29, 0.717) is 12.3 Å². The molecule has 76 valence electrons. The van der Waals surface area contributed by atoms with Gasteiger partial charge < -0.3 is 10.1 Å². The first-order chi connectivity index (χ1) is 5.80. The van der Waals surface area contributed by atoms with Crippen molar-refractivity contribution >= 4 is 11.7 Å². The molecular formula is C10H19NO2. The quantitative estimate of drug-likeness (QED) is 0.541. The monoisotopic (exact) mass is 185 g/mol. The standard InChI is InChI=1S/C10H19NO2/c1-6-13-9(12)7(2)8(11)10(3,4)5/h7,11H,6H2,1-5H3. The van der Waals surface area contributed by atoms with Crippen molar-refractivity contribution in [3.8, 4) is 0 Å². The van der Waals surface area contributed by atoms with Crippen LogP contribution in [0.1, 0.15) is 34.6 Å². The number of hydrogen-bond donors (Lipinski definition) is 1. The smallest absolute Gasteiger partial charge is 0.314 e. The number of ether oxygens (including phenoxy) is 1. The van der Waals surface area contributed by atoms with Crippen molar-refractivity contribution in [1.29, 1.82) is 5.41 Å². The lowest BCUT2D eigenvalue weighted by atomic mass is 9.83. The van der Waals surface area contributed by atoms with Crippen LogP contribution in [0.5, 0.6) is 0 Å². The Hall–Kier alpha value is -0.860. The zero-order valence-electron chi connectivity index (χ0n) is 9.10. The predicted molar refractivity (Wildman–Crippen MR) is 53.0 cm³/mol. The summed E-state index contributed by atoms with van der Waals surface area (Å²) in [5.41, 5.74) is 0.164. The van der Waals surface area contributed by atoms with Crippen LogP contribution >= 0.6 is 0 Å². The Balaban J connectivity index is 4.35. The SMILES string of the molecule is CCOC(=O)C(C)C(=N)C(C)(C)C. The van der Waals surface area contributed by atoms with Gasteiger partial charge in [-0.2, -0.15) is 0 Å². The summed E-state index contributed by atoms with van der Waals surface area (Å²) in [5, 5.41) is 7.75. The van der Waals surface area contributed by atoms with E-state index in [4.69, 9.17) is 10.1 Å². The summed E-state index contributed by atoms with van der Waals surface area (Å²) in [6.07, 6.45) is 0. The minimum Gasteiger partial charge on any atom is -0.465 e.